The van der Waals surface area contributed by atoms with Crippen molar-refractivity contribution in [2.45, 2.75) is 46.1 Å². The summed E-state index contributed by atoms with van der Waals surface area (Å²) < 4.78 is 1.65. The molecule has 0 fully saturated rings. The van der Waals surface area contributed by atoms with Crippen LogP contribution in [0.5, 0.6) is 0 Å². The van der Waals surface area contributed by atoms with Crippen LogP contribution in [0.3, 0.4) is 0 Å². The lowest BCUT2D eigenvalue weighted by Gasteiger charge is -2.16. The van der Waals surface area contributed by atoms with E-state index in [2.05, 4.69) is 15.5 Å². The number of hydrogen-bond donors (Lipinski definition) is 1. The zero-order valence-corrected chi connectivity index (χ0v) is 12.6. The first-order valence-corrected chi connectivity index (χ1v) is 7.10. The van der Waals surface area contributed by atoms with Crippen LogP contribution < -0.4 is 0 Å². The lowest BCUT2D eigenvalue weighted by atomic mass is 10.0. The van der Waals surface area contributed by atoms with E-state index in [-0.39, 0.29) is 12.5 Å². The predicted octanol–water partition coefficient (Wildman–Crippen LogP) is 2.77. The molecule has 0 aliphatic heterocycles. The van der Waals surface area contributed by atoms with E-state index in [1.54, 1.807) is 4.68 Å². The summed E-state index contributed by atoms with van der Waals surface area (Å²) in [6.07, 6.45) is 1.63. The predicted molar refractivity (Wildman–Crippen MR) is 78.9 cm³/mol. The Morgan fingerprint density at radius 1 is 1.38 bits per heavy atom. The molecule has 6 heteroatoms. The lowest BCUT2D eigenvalue weighted by Crippen LogP contribution is -2.16. The number of carbonyl (C=O) groups is 1. The third-order valence-electron chi connectivity index (χ3n) is 3.72. The highest BCUT2D eigenvalue weighted by atomic mass is 16.4. The van der Waals surface area contributed by atoms with Gasteiger partial charge in [-0.3, -0.25) is 4.79 Å². The number of aryl methyl sites for hydroxylation is 1. The van der Waals surface area contributed by atoms with Gasteiger partial charge in [0.1, 0.15) is 0 Å². The normalized spacial score (nSPS) is 12.3. The molecule has 1 unspecified atom stereocenters. The minimum absolute atomic E-state index is 0.0245. The van der Waals surface area contributed by atoms with Crippen LogP contribution in [-0.2, 0) is 4.79 Å². The van der Waals surface area contributed by atoms with Gasteiger partial charge in [0.2, 0.25) is 0 Å². The average Bonchev–Trinajstić information content (AvgIpc) is 2.90. The van der Waals surface area contributed by atoms with Crippen molar-refractivity contribution in [1.82, 2.24) is 20.2 Å². The van der Waals surface area contributed by atoms with Crippen LogP contribution in [0.2, 0.25) is 0 Å². The Balaban J connectivity index is 2.45. The van der Waals surface area contributed by atoms with Crippen molar-refractivity contribution in [3.05, 3.63) is 29.3 Å². The number of tetrazole rings is 1. The number of carboxylic acid groups (broad SMARTS) is 1. The van der Waals surface area contributed by atoms with Crippen molar-refractivity contribution in [2.24, 2.45) is 0 Å². The summed E-state index contributed by atoms with van der Waals surface area (Å²) in [7, 11) is 0. The minimum atomic E-state index is -0.837. The van der Waals surface area contributed by atoms with E-state index in [1.807, 2.05) is 39.0 Å². The van der Waals surface area contributed by atoms with Crippen molar-refractivity contribution >= 4 is 5.97 Å². The molecule has 0 amide bonds. The average molecular weight is 288 g/mol. The fourth-order valence-electron chi connectivity index (χ4n) is 2.46. The monoisotopic (exact) mass is 288 g/mol. The van der Waals surface area contributed by atoms with E-state index in [1.165, 1.54) is 0 Å². The number of carboxylic acids is 1. The molecule has 0 spiro atoms. The van der Waals surface area contributed by atoms with E-state index in [4.69, 9.17) is 5.11 Å². The molecule has 0 aliphatic carbocycles. The number of aromatic nitrogens is 4. The highest BCUT2D eigenvalue weighted by Crippen LogP contribution is 2.27. The molecule has 1 N–H and O–H groups in total. The third kappa shape index (κ3) is 3.26. The van der Waals surface area contributed by atoms with Gasteiger partial charge in [-0.25, -0.2) is 4.68 Å². The van der Waals surface area contributed by atoms with E-state index >= 15 is 0 Å². The van der Waals surface area contributed by atoms with Crippen molar-refractivity contribution in [3.63, 3.8) is 0 Å². The zero-order chi connectivity index (χ0) is 15.4. The SMILES string of the molecule is CCCC(CC(=O)O)n1nnnc1-c1cccc(C)c1C. The second-order valence-electron chi connectivity index (χ2n) is 5.23. The molecule has 1 atom stereocenters. The first kappa shape index (κ1) is 15.2. The summed E-state index contributed by atoms with van der Waals surface area (Å²) in [6.45, 7) is 6.08. The highest BCUT2D eigenvalue weighted by molar-refractivity contribution is 5.67. The number of aliphatic carboxylic acids is 1. The van der Waals surface area contributed by atoms with Crippen LogP contribution >= 0.6 is 0 Å². The van der Waals surface area contributed by atoms with E-state index in [9.17, 15) is 4.79 Å². The summed E-state index contributed by atoms with van der Waals surface area (Å²) in [5.74, 6) is -0.202. The summed E-state index contributed by atoms with van der Waals surface area (Å²) in [5, 5.41) is 21.0. The second-order valence-corrected chi connectivity index (χ2v) is 5.23. The van der Waals surface area contributed by atoms with E-state index in [0.717, 1.165) is 29.5 Å². The molecule has 0 bridgehead atoms. The minimum Gasteiger partial charge on any atom is -0.481 e. The zero-order valence-electron chi connectivity index (χ0n) is 12.6. The smallest absolute Gasteiger partial charge is 0.305 e. The molecule has 0 saturated heterocycles. The van der Waals surface area contributed by atoms with E-state index in [0.29, 0.717) is 5.82 Å². The van der Waals surface area contributed by atoms with Crippen molar-refractivity contribution in [2.75, 3.05) is 0 Å². The Labute approximate surface area is 123 Å². The third-order valence-corrected chi connectivity index (χ3v) is 3.72. The van der Waals surface area contributed by atoms with E-state index < -0.39 is 5.97 Å². The molecular weight excluding hydrogens is 268 g/mol. The number of benzene rings is 1. The van der Waals surface area contributed by atoms with Crippen LogP contribution in [0.1, 0.15) is 43.4 Å². The van der Waals surface area contributed by atoms with Gasteiger partial charge >= 0.3 is 5.97 Å². The first-order chi connectivity index (χ1) is 10.0. The van der Waals surface area contributed by atoms with Crippen molar-refractivity contribution < 1.29 is 9.90 Å². The fraction of sp³-hybridized carbons (Fsp3) is 0.467. The maximum atomic E-state index is 11.1. The van der Waals surface area contributed by atoms with Gasteiger partial charge in [-0.2, -0.15) is 0 Å². The fourth-order valence-corrected chi connectivity index (χ4v) is 2.46. The van der Waals surface area contributed by atoms with Crippen LogP contribution in [0.4, 0.5) is 0 Å². The van der Waals surface area contributed by atoms with Crippen LogP contribution in [-0.4, -0.2) is 31.3 Å². The van der Waals surface area contributed by atoms with Gasteiger partial charge in [0, 0.05) is 5.56 Å². The Kier molecular flexibility index (Phi) is 4.67. The summed E-state index contributed by atoms with van der Waals surface area (Å²) >= 11 is 0. The van der Waals surface area contributed by atoms with Gasteiger partial charge < -0.3 is 5.11 Å². The molecule has 0 radical (unpaired) electrons. The maximum absolute atomic E-state index is 11.1. The number of hydrogen-bond acceptors (Lipinski definition) is 4. The molecule has 2 aromatic rings. The second kappa shape index (κ2) is 6.47. The molecule has 0 aliphatic rings. The highest BCUT2D eigenvalue weighted by Gasteiger charge is 2.21. The standard InChI is InChI=1S/C15H20N4O2/c1-4-6-12(9-14(20)21)19-15(16-17-18-19)13-8-5-7-10(2)11(13)3/h5,7-8,12H,4,6,9H2,1-3H3,(H,20,21). The molecule has 1 aromatic carbocycles. The van der Waals surface area contributed by atoms with Crippen molar-refractivity contribution in [1.29, 1.82) is 0 Å². The lowest BCUT2D eigenvalue weighted by molar-refractivity contribution is -0.138. The Morgan fingerprint density at radius 3 is 2.81 bits per heavy atom. The van der Waals surface area contributed by atoms with Crippen LogP contribution in [0.15, 0.2) is 18.2 Å². The topological polar surface area (TPSA) is 80.9 Å². The Bertz CT molecular complexity index is 636. The molecular formula is C15H20N4O2. The molecule has 2 rings (SSSR count). The van der Waals surface area contributed by atoms with Gasteiger partial charge in [0.25, 0.3) is 0 Å². The molecule has 1 heterocycles. The first-order valence-electron chi connectivity index (χ1n) is 7.10. The largest absolute Gasteiger partial charge is 0.481 e. The number of rotatable bonds is 6. The van der Waals surface area contributed by atoms with Crippen LogP contribution in [0, 0.1) is 13.8 Å². The Hall–Kier alpha value is -2.24. The molecule has 1 aromatic heterocycles. The van der Waals surface area contributed by atoms with Gasteiger partial charge in [0.15, 0.2) is 5.82 Å². The summed E-state index contributed by atoms with van der Waals surface area (Å²) in [5.41, 5.74) is 3.22. The van der Waals surface area contributed by atoms with Gasteiger partial charge in [-0.1, -0.05) is 31.5 Å². The van der Waals surface area contributed by atoms with Crippen molar-refractivity contribution in [3.8, 4) is 11.4 Å². The van der Waals surface area contributed by atoms with Gasteiger partial charge in [-0.05, 0) is 41.8 Å². The molecule has 0 saturated carbocycles. The number of nitrogens with zero attached hydrogens (tertiary/aromatic N) is 4. The maximum Gasteiger partial charge on any atom is 0.305 e. The van der Waals surface area contributed by atoms with Crippen LogP contribution in [0.25, 0.3) is 11.4 Å². The Morgan fingerprint density at radius 2 is 2.14 bits per heavy atom. The molecule has 6 nitrogen and oxygen atoms in total. The molecule has 112 valence electrons. The van der Waals surface area contributed by atoms with Gasteiger partial charge in [0.05, 0.1) is 12.5 Å². The summed E-state index contributed by atoms with van der Waals surface area (Å²) in [4.78, 5) is 11.1. The quantitative estimate of drug-likeness (QED) is 0.884. The summed E-state index contributed by atoms with van der Waals surface area (Å²) in [6, 6.07) is 5.74. The van der Waals surface area contributed by atoms with Gasteiger partial charge in [-0.15, -0.1) is 5.10 Å². The molecule has 21 heavy (non-hydrogen) atoms.